The smallest absolute Gasteiger partial charge is 0.191 e. The number of hydrogen-bond acceptors (Lipinski definition) is 6. The molecule has 0 aliphatic carbocycles. The third-order valence-electron chi connectivity index (χ3n) is 4.63. The average Bonchev–Trinajstić information content (AvgIpc) is 2.97. The maximum Gasteiger partial charge on any atom is 0.191 e. The molecule has 1 aromatic heterocycles. The first-order valence-electron chi connectivity index (χ1n) is 8.94. The number of ether oxygens (including phenoxy) is 1. The minimum atomic E-state index is -2.90. The van der Waals surface area contributed by atoms with Crippen molar-refractivity contribution >= 4 is 45.6 Å². The summed E-state index contributed by atoms with van der Waals surface area (Å²) in [4.78, 5) is 11.0. The van der Waals surface area contributed by atoms with E-state index in [0.29, 0.717) is 18.9 Å². The summed E-state index contributed by atoms with van der Waals surface area (Å²) in [5.74, 6) is 1.98. The van der Waals surface area contributed by atoms with Gasteiger partial charge in [-0.25, -0.2) is 13.4 Å². The van der Waals surface area contributed by atoms with Crippen LogP contribution in [0.4, 0.5) is 5.82 Å². The summed E-state index contributed by atoms with van der Waals surface area (Å²) in [6, 6.07) is 3.99. The molecule has 0 radical (unpaired) electrons. The highest BCUT2D eigenvalue weighted by atomic mass is 127. The third kappa shape index (κ3) is 6.46. The van der Waals surface area contributed by atoms with Crippen LogP contribution in [0.2, 0.25) is 0 Å². The van der Waals surface area contributed by atoms with E-state index in [1.165, 1.54) is 0 Å². The topological polar surface area (TPSA) is 95.9 Å². The number of guanidine groups is 1. The quantitative estimate of drug-likeness (QED) is 0.352. The van der Waals surface area contributed by atoms with Crippen LogP contribution in [0.1, 0.15) is 18.9 Å². The fourth-order valence-electron chi connectivity index (χ4n) is 3.22. The number of rotatable bonds is 4. The minimum absolute atomic E-state index is 0. The van der Waals surface area contributed by atoms with Crippen LogP contribution in [0.15, 0.2) is 23.3 Å². The molecular weight excluding hydrogens is 481 g/mol. The normalized spacial score (nSPS) is 25.0. The highest BCUT2D eigenvalue weighted by Crippen LogP contribution is 2.15. The first-order chi connectivity index (χ1) is 12.4. The Balaban J connectivity index is 0.00000261. The summed E-state index contributed by atoms with van der Waals surface area (Å²) in [5.41, 5.74) is 1.04. The Morgan fingerprint density at radius 3 is 2.85 bits per heavy atom. The van der Waals surface area contributed by atoms with Crippen molar-refractivity contribution < 1.29 is 13.2 Å². The van der Waals surface area contributed by atoms with Gasteiger partial charge < -0.3 is 20.3 Å². The first kappa shape index (κ1) is 22.2. The van der Waals surface area contributed by atoms with Crippen LogP contribution in [0.25, 0.3) is 0 Å². The Bertz CT molecular complexity index is 741. The van der Waals surface area contributed by atoms with Crippen molar-refractivity contribution in [3.63, 3.8) is 0 Å². The number of nitrogens with zero attached hydrogens (tertiary/aromatic N) is 3. The zero-order valence-electron chi connectivity index (χ0n) is 15.7. The van der Waals surface area contributed by atoms with Crippen LogP contribution in [0.3, 0.4) is 0 Å². The molecule has 2 saturated heterocycles. The number of anilines is 1. The van der Waals surface area contributed by atoms with Gasteiger partial charge in [-0.2, -0.15) is 0 Å². The number of sulfone groups is 1. The standard InChI is InChI=1S/C17H27N5O3S.HI/c1-13-11-22(6-7-25-13)16-4-3-14(9-19-16)10-20-17(18-2)21-15-5-8-26(23,24)12-15;/h3-4,9,13,15H,5-8,10-12H2,1-2H3,(H2,18,20,21);1H. The predicted octanol–water partition coefficient (Wildman–Crippen LogP) is 0.777. The third-order valence-corrected chi connectivity index (χ3v) is 6.40. The Morgan fingerprint density at radius 2 is 2.26 bits per heavy atom. The van der Waals surface area contributed by atoms with Gasteiger partial charge in [0.05, 0.1) is 24.2 Å². The largest absolute Gasteiger partial charge is 0.375 e. The lowest BCUT2D eigenvalue weighted by molar-refractivity contribution is 0.0529. The first-order valence-corrected chi connectivity index (χ1v) is 10.8. The van der Waals surface area contributed by atoms with E-state index in [1.807, 2.05) is 18.3 Å². The molecule has 2 unspecified atom stereocenters. The lowest BCUT2D eigenvalue weighted by atomic mass is 10.2. The van der Waals surface area contributed by atoms with Crippen molar-refractivity contribution in [3.05, 3.63) is 23.9 Å². The van der Waals surface area contributed by atoms with Crippen molar-refractivity contribution in [3.8, 4) is 0 Å². The zero-order chi connectivity index (χ0) is 18.6. The van der Waals surface area contributed by atoms with Crippen LogP contribution in [0, 0.1) is 0 Å². The summed E-state index contributed by atoms with van der Waals surface area (Å²) in [5, 5.41) is 6.39. The van der Waals surface area contributed by atoms with Gasteiger partial charge in [-0.3, -0.25) is 4.99 Å². The van der Waals surface area contributed by atoms with Crippen LogP contribution < -0.4 is 15.5 Å². The van der Waals surface area contributed by atoms with Gasteiger partial charge in [-0.05, 0) is 25.0 Å². The van der Waals surface area contributed by atoms with Crippen molar-refractivity contribution in [2.24, 2.45) is 4.99 Å². The molecule has 2 atom stereocenters. The maximum absolute atomic E-state index is 11.6. The molecule has 8 nitrogen and oxygen atoms in total. The van der Waals surface area contributed by atoms with E-state index in [-0.39, 0.29) is 47.6 Å². The zero-order valence-corrected chi connectivity index (χ0v) is 18.9. The van der Waals surface area contributed by atoms with E-state index in [1.54, 1.807) is 7.05 Å². The molecule has 2 aliphatic rings. The van der Waals surface area contributed by atoms with Gasteiger partial charge in [0.15, 0.2) is 15.8 Å². The fourth-order valence-corrected chi connectivity index (χ4v) is 4.89. The molecule has 3 rings (SSSR count). The molecule has 2 fully saturated rings. The molecule has 10 heteroatoms. The van der Waals surface area contributed by atoms with Gasteiger partial charge in [-0.1, -0.05) is 6.07 Å². The minimum Gasteiger partial charge on any atom is -0.375 e. The molecule has 0 aromatic carbocycles. The molecular formula is C17H28IN5O3S. The predicted molar refractivity (Wildman–Crippen MR) is 118 cm³/mol. The molecule has 2 N–H and O–H groups in total. The monoisotopic (exact) mass is 509 g/mol. The second kappa shape index (κ2) is 9.87. The van der Waals surface area contributed by atoms with Crippen LogP contribution in [-0.2, 0) is 21.1 Å². The number of morpholine rings is 1. The van der Waals surface area contributed by atoms with Gasteiger partial charge in [0, 0.05) is 38.9 Å². The molecule has 27 heavy (non-hydrogen) atoms. The van der Waals surface area contributed by atoms with Crippen LogP contribution in [0.5, 0.6) is 0 Å². The van der Waals surface area contributed by atoms with E-state index < -0.39 is 9.84 Å². The molecule has 0 amide bonds. The number of aromatic nitrogens is 1. The van der Waals surface area contributed by atoms with Crippen molar-refractivity contribution in [1.29, 1.82) is 0 Å². The van der Waals surface area contributed by atoms with Crippen molar-refractivity contribution in [2.75, 3.05) is 43.1 Å². The van der Waals surface area contributed by atoms with E-state index >= 15 is 0 Å². The molecule has 0 saturated carbocycles. The highest BCUT2D eigenvalue weighted by molar-refractivity contribution is 14.0. The summed E-state index contributed by atoms with van der Waals surface area (Å²) < 4.78 is 28.7. The van der Waals surface area contributed by atoms with E-state index in [0.717, 1.165) is 31.1 Å². The SMILES string of the molecule is CN=C(NCc1ccc(N2CCOC(C)C2)nc1)NC1CCS(=O)(=O)C1.I. The molecule has 1 aromatic rings. The lowest BCUT2D eigenvalue weighted by Gasteiger charge is -2.32. The van der Waals surface area contributed by atoms with Crippen molar-refractivity contribution in [1.82, 2.24) is 15.6 Å². The van der Waals surface area contributed by atoms with E-state index in [4.69, 9.17) is 4.74 Å². The van der Waals surface area contributed by atoms with Crippen LogP contribution in [-0.4, -0.2) is 69.8 Å². The number of halogens is 1. The van der Waals surface area contributed by atoms with Crippen molar-refractivity contribution in [2.45, 2.75) is 32.0 Å². The van der Waals surface area contributed by atoms with Gasteiger partial charge in [0.2, 0.25) is 0 Å². The summed E-state index contributed by atoms with van der Waals surface area (Å²) >= 11 is 0. The fraction of sp³-hybridized carbons (Fsp3) is 0.647. The highest BCUT2D eigenvalue weighted by Gasteiger charge is 2.28. The maximum atomic E-state index is 11.6. The summed E-state index contributed by atoms with van der Waals surface area (Å²) in [6.45, 7) is 5.08. The molecule has 3 heterocycles. The number of hydrogen-bond donors (Lipinski definition) is 2. The van der Waals surface area contributed by atoms with Gasteiger partial charge in [0.1, 0.15) is 5.82 Å². The van der Waals surface area contributed by atoms with Gasteiger partial charge >= 0.3 is 0 Å². The second-order valence-electron chi connectivity index (χ2n) is 6.82. The van der Waals surface area contributed by atoms with E-state index in [9.17, 15) is 8.42 Å². The Kier molecular flexibility index (Phi) is 8.10. The summed E-state index contributed by atoms with van der Waals surface area (Å²) in [7, 11) is -1.22. The second-order valence-corrected chi connectivity index (χ2v) is 9.05. The lowest BCUT2D eigenvalue weighted by Crippen LogP contribution is -2.43. The van der Waals surface area contributed by atoms with E-state index in [2.05, 4.69) is 32.4 Å². The molecule has 2 aliphatic heterocycles. The average molecular weight is 509 g/mol. The summed E-state index contributed by atoms with van der Waals surface area (Å²) in [6.07, 6.45) is 2.70. The number of aliphatic imine (C=N–C) groups is 1. The number of nitrogens with one attached hydrogen (secondary N) is 2. The molecule has 152 valence electrons. The van der Waals surface area contributed by atoms with Gasteiger partial charge in [0.25, 0.3) is 0 Å². The molecule has 0 bridgehead atoms. The molecule has 0 spiro atoms. The van der Waals surface area contributed by atoms with Gasteiger partial charge in [-0.15, -0.1) is 24.0 Å². The Hall–Kier alpha value is -1.14. The Labute approximate surface area is 178 Å². The Morgan fingerprint density at radius 1 is 1.44 bits per heavy atom. The number of pyridine rings is 1. The van der Waals surface area contributed by atoms with Crippen LogP contribution >= 0.6 is 24.0 Å².